The molecule has 1 aromatic carbocycles. The third-order valence-corrected chi connectivity index (χ3v) is 3.11. The zero-order valence-electron chi connectivity index (χ0n) is 11.7. The van der Waals surface area contributed by atoms with Crippen LogP contribution in [0.5, 0.6) is 0 Å². The van der Waals surface area contributed by atoms with Crippen LogP contribution >= 0.6 is 11.6 Å². The minimum atomic E-state index is -0.594. The molecule has 0 bridgehead atoms. The van der Waals surface area contributed by atoms with Gasteiger partial charge >= 0.3 is 0 Å². The number of Topliss-reactive ketones (excluding diaryl/α,β-unsaturated/α-hetero) is 1. The third-order valence-electron chi connectivity index (χ3n) is 2.93. The quantitative estimate of drug-likeness (QED) is 0.854. The van der Waals surface area contributed by atoms with Crippen LogP contribution in [0.25, 0.3) is 0 Å². The molecule has 1 aromatic heterocycles. The number of rotatable bonds is 5. The lowest BCUT2D eigenvalue weighted by molar-refractivity contribution is -0.121. The summed E-state index contributed by atoms with van der Waals surface area (Å²) in [6, 6.07) is 7.20. The Balaban J connectivity index is 2.18. The number of benzene rings is 1. The molecule has 2 rings (SSSR count). The van der Waals surface area contributed by atoms with E-state index in [1.165, 1.54) is 0 Å². The van der Waals surface area contributed by atoms with Crippen molar-refractivity contribution < 1.29 is 9.18 Å². The van der Waals surface area contributed by atoms with Gasteiger partial charge in [0.05, 0.1) is 6.20 Å². The summed E-state index contributed by atoms with van der Waals surface area (Å²) in [6.45, 7) is 3.73. The second-order valence-electron chi connectivity index (χ2n) is 4.96. The van der Waals surface area contributed by atoms with E-state index in [4.69, 9.17) is 11.6 Å². The normalized spacial score (nSPS) is 10.7. The number of hydrogen-bond acceptors (Lipinski definition) is 4. The molecule has 0 spiro atoms. The molecule has 2 aromatic rings. The van der Waals surface area contributed by atoms with E-state index in [0.717, 1.165) is 11.8 Å². The van der Waals surface area contributed by atoms with Gasteiger partial charge in [-0.05, 0) is 29.3 Å². The van der Waals surface area contributed by atoms with E-state index >= 15 is 0 Å². The predicted molar refractivity (Wildman–Crippen MR) is 80.3 cm³/mol. The van der Waals surface area contributed by atoms with Crippen LogP contribution in [0, 0.1) is 11.7 Å². The molecule has 110 valence electrons. The first kappa shape index (κ1) is 15.4. The first-order chi connectivity index (χ1) is 9.95. The van der Waals surface area contributed by atoms with Crippen LogP contribution in [0.2, 0.25) is 5.28 Å². The first-order valence-corrected chi connectivity index (χ1v) is 6.90. The Morgan fingerprint density at radius 3 is 2.90 bits per heavy atom. The molecule has 0 saturated carbocycles. The van der Waals surface area contributed by atoms with Gasteiger partial charge < -0.3 is 5.32 Å². The predicted octanol–water partition coefficient (Wildman–Crippen LogP) is 3.78. The second-order valence-corrected chi connectivity index (χ2v) is 5.30. The number of aromatic nitrogens is 2. The van der Waals surface area contributed by atoms with Gasteiger partial charge in [0.15, 0.2) is 11.6 Å². The van der Waals surface area contributed by atoms with E-state index in [2.05, 4.69) is 15.3 Å². The van der Waals surface area contributed by atoms with Gasteiger partial charge in [-0.1, -0.05) is 26.0 Å². The van der Waals surface area contributed by atoms with Crippen molar-refractivity contribution in [3.8, 4) is 0 Å². The molecule has 1 heterocycles. The Morgan fingerprint density at radius 1 is 1.43 bits per heavy atom. The lowest BCUT2D eigenvalue weighted by Crippen LogP contribution is -2.10. The molecule has 6 heteroatoms. The molecule has 0 aliphatic carbocycles. The Labute approximate surface area is 127 Å². The maximum absolute atomic E-state index is 13.6. The van der Waals surface area contributed by atoms with Crippen molar-refractivity contribution >= 4 is 28.9 Å². The number of carbonyl (C=O) groups is 1. The summed E-state index contributed by atoms with van der Waals surface area (Å²) in [5.74, 6) is -0.450. The van der Waals surface area contributed by atoms with Crippen molar-refractivity contribution in [2.45, 2.75) is 20.3 Å². The molecule has 0 saturated heterocycles. The van der Waals surface area contributed by atoms with Crippen LogP contribution in [-0.4, -0.2) is 15.8 Å². The summed E-state index contributed by atoms with van der Waals surface area (Å²) >= 11 is 5.64. The van der Waals surface area contributed by atoms with Crippen molar-refractivity contribution in [3.63, 3.8) is 0 Å². The summed E-state index contributed by atoms with van der Waals surface area (Å²) < 4.78 is 13.6. The van der Waals surface area contributed by atoms with Gasteiger partial charge in [0, 0.05) is 18.0 Å². The number of halogens is 2. The van der Waals surface area contributed by atoms with E-state index in [-0.39, 0.29) is 22.8 Å². The van der Waals surface area contributed by atoms with Gasteiger partial charge in [-0.2, -0.15) is 4.98 Å². The van der Waals surface area contributed by atoms with Gasteiger partial charge in [-0.3, -0.25) is 4.79 Å². The van der Waals surface area contributed by atoms with Gasteiger partial charge in [-0.15, -0.1) is 0 Å². The highest BCUT2D eigenvalue weighted by atomic mass is 35.5. The zero-order valence-corrected chi connectivity index (χ0v) is 12.5. The van der Waals surface area contributed by atoms with Crippen LogP contribution in [-0.2, 0) is 11.2 Å². The monoisotopic (exact) mass is 307 g/mol. The van der Waals surface area contributed by atoms with Gasteiger partial charge in [0.2, 0.25) is 5.28 Å². The lowest BCUT2D eigenvalue weighted by Gasteiger charge is -2.09. The highest BCUT2D eigenvalue weighted by Crippen LogP contribution is 2.20. The average molecular weight is 308 g/mol. The second kappa shape index (κ2) is 6.63. The van der Waals surface area contributed by atoms with Gasteiger partial charge in [-0.25, -0.2) is 9.37 Å². The molecule has 0 aliphatic rings. The summed E-state index contributed by atoms with van der Waals surface area (Å²) in [5.41, 5.74) is 1.50. The van der Waals surface area contributed by atoms with E-state index in [1.807, 2.05) is 19.9 Å². The fraction of sp³-hybridized carbons (Fsp3) is 0.267. The molecule has 0 unspecified atom stereocenters. The fourth-order valence-electron chi connectivity index (χ4n) is 1.73. The van der Waals surface area contributed by atoms with Crippen molar-refractivity contribution in [1.29, 1.82) is 0 Å². The number of hydrogen-bond donors (Lipinski definition) is 1. The summed E-state index contributed by atoms with van der Waals surface area (Å²) in [5, 5.41) is 2.80. The number of carbonyl (C=O) groups excluding carboxylic acids is 1. The van der Waals surface area contributed by atoms with Gasteiger partial charge in [0.1, 0.15) is 5.78 Å². The topological polar surface area (TPSA) is 54.9 Å². The highest BCUT2D eigenvalue weighted by Gasteiger charge is 2.10. The fourth-order valence-corrected chi connectivity index (χ4v) is 1.87. The molecule has 1 N–H and O–H groups in total. The molecular weight excluding hydrogens is 293 g/mol. The molecule has 21 heavy (non-hydrogen) atoms. The van der Waals surface area contributed by atoms with Crippen molar-refractivity contribution in [3.05, 3.63) is 47.1 Å². The van der Waals surface area contributed by atoms with Crippen LogP contribution in [0.3, 0.4) is 0 Å². The van der Waals surface area contributed by atoms with Crippen LogP contribution < -0.4 is 5.32 Å². The van der Waals surface area contributed by atoms with E-state index < -0.39 is 5.82 Å². The van der Waals surface area contributed by atoms with Crippen LogP contribution in [0.1, 0.15) is 19.4 Å². The summed E-state index contributed by atoms with van der Waals surface area (Å²) in [7, 11) is 0. The molecular formula is C15H15ClFN3O. The van der Waals surface area contributed by atoms with Crippen molar-refractivity contribution in [1.82, 2.24) is 9.97 Å². The highest BCUT2D eigenvalue weighted by molar-refractivity contribution is 6.28. The average Bonchev–Trinajstić information content (AvgIpc) is 2.43. The van der Waals surface area contributed by atoms with E-state index in [9.17, 15) is 9.18 Å². The number of ketones is 1. The van der Waals surface area contributed by atoms with E-state index in [0.29, 0.717) is 12.1 Å². The molecule has 0 radical (unpaired) electrons. The third kappa shape index (κ3) is 4.23. The SMILES string of the molecule is CC(C)C(=O)Cc1cccc(Nc2nc(Cl)ncc2F)c1. The molecule has 0 atom stereocenters. The molecule has 4 nitrogen and oxygen atoms in total. The minimum absolute atomic E-state index is 0.00216. The summed E-state index contributed by atoms with van der Waals surface area (Å²) in [4.78, 5) is 19.1. The van der Waals surface area contributed by atoms with Crippen LogP contribution in [0.15, 0.2) is 30.5 Å². The smallest absolute Gasteiger partial charge is 0.224 e. The molecule has 0 amide bonds. The Morgan fingerprint density at radius 2 is 2.19 bits per heavy atom. The molecule has 0 aliphatic heterocycles. The Kier molecular flexibility index (Phi) is 4.85. The number of nitrogens with zero attached hydrogens (tertiary/aromatic N) is 2. The minimum Gasteiger partial charge on any atom is -0.338 e. The zero-order chi connectivity index (χ0) is 15.4. The van der Waals surface area contributed by atoms with Crippen molar-refractivity contribution in [2.24, 2.45) is 5.92 Å². The first-order valence-electron chi connectivity index (χ1n) is 6.52. The largest absolute Gasteiger partial charge is 0.338 e. The molecule has 0 fully saturated rings. The van der Waals surface area contributed by atoms with Crippen molar-refractivity contribution in [2.75, 3.05) is 5.32 Å². The maximum Gasteiger partial charge on any atom is 0.224 e. The summed E-state index contributed by atoms with van der Waals surface area (Å²) in [6.07, 6.45) is 1.35. The van der Waals surface area contributed by atoms with Gasteiger partial charge in [0.25, 0.3) is 0 Å². The Hall–Kier alpha value is -2.01. The van der Waals surface area contributed by atoms with E-state index in [1.54, 1.807) is 18.2 Å². The number of nitrogens with one attached hydrogen (secondary N) is 1. The lowest BCUT2D eigenvalue weighted by atomic mass is 10.0. The van der Waals surface area contributed by atoms with Crippen LogP contribution in [0.4, 0.5) is 15.9 Å². The Bertz CT molecular complexity index is 661. The maximum atomic E-state index is 13.6. The standard InChI is InChI=1S/C15H15ClFN3O/c1-9(2)13(21)7-10-4-3-5-11(6-10)19-14-12(17)8-18-15(16)20-14/h3-6,8-9H,7H2,1-2H3,(H,18,19,20). The number of anilines is 2.